The fraction of sp³-hybridized carbons (Fsp3) is 0.192. The van der Waals surface area contributed by atoms with Crippen LogP contribution in [0.3, 0.4) is 0 Å². The topological polar surface area (TPSA) is 138 Å². The van der Waals surface area contributed by atoms with Gasteiger partial charge in [0.1, 0.15) is 11.4 Å². The van der Waals surface area contributed by atoms with Gasteiger partial charge in [0, 0.05) is 37.2 Å². The molecule has 0 bridgehead atoms. The molecule has 0 unspecified atom stereocenters. The van der Waals surface area contributed by atoms with Gasteiger partial charge in [-0.2, -0.15) is 15.5 Å². The van der Waals surface area contributed by atoms with Gasteiger partial charge in [0.2, 0.25) is 5.95 Å². The third kappa shape index (κ3) is 6.20. The first kappa shape index (κ1) is 24.9. The Labute approximate surface area is 204 Å². The van der Waals surface area contributed by atoms with Gasteiger partial charge in [-0.3, -0.25) is 4.79 Å². The van der Waals surface area contributed by atoms with E-state index in [1.807, 2.05) is 32.0 Å². The zero-order chi connectivity index (χ0) is 25.4. The number of aryl methyl sites for hydroxylation is 2. The van der Waals surface area contributed by atoms with Crippen molar-refractivity contribution in [3.8, 4) is 12.1 Å². The van der Waals surface area contributed by atoms with Gasteiger partial charge in [-0.25, -0.2) is 4.98 Å². The lowest BCUT2D eigenvalue weighted by Gasteiger charge is -2.20. The second kappa shape index (κ2) is 11.4. The van der Waals surface area contributed by atoms with E-state index in [1.54, 1.807) is 37.4 Å². The van der Waals surface area contributed by atoms with Crippen LogP contribution in [0.15, 0.2) is 48.7 Å². The van der Waals surface area contributed by atoms with Gasteiger partial charge in [0.15, 0.2) is 0 Å². The Bertz CT molecular complexity index is 1310. The summed E-state index contributed by atoms with van der Waals surface area (Å²) in [6, 6.07) is 14.8. The van der Waals surface area contributed by atoms with E-state index < -0.39 is 0 Å². The van der Waals surface area contributed by atoms with Gasteiger partial charge in [0.05, 0.1) is 24.3 Å². The summed E-state index contributed by atoms with van der Waals surface area (Å²) in [5, 5.41) is 33.4. The van der Waals surface area contributed by atoms with E-state index in [-0.39, 0.29) is 30.6 Å². The number of allylic oxidation sites excluding steroid dienone is 1. The lowest BCUT2D eigenvalue weighted by atomic mass is 10.0. The highest BCUT2D eigenvalue weighted by Crippen LogP contribution is 2.29. The molecule has 1 aromatic heterocycles. The molecule has 2 aromatic carbocycles. The van der Waals surface area contributed by atoms with E-state index in [1.165, 1.54) is 17.2 Å². The van der Waals surface area contributed by atoms with Crippen LogP contribution in [-0.2, 0) is 0 Å². The van der Waals surface area contributed by atoms with Crippen LogP contribution in [0.2, 0.25) is 0 Å². The number of hydrogen-bond acceptors (Lipinski definition) is 8. The van der Waals surface area contributed by atoms with Crippen molar-refractivity contribution in [1.82, 2.24) is 14.9 Å². The summed E-state index contributed by atoms with van der Waals surface area (Å²) in [4.78, 5) is 23.3. The van der Waals surface area contributed by atoms with Crippen LogP contribution in [0.4, 0.5) is 23.1 Å². The van der Waals surface area contributed by atoms with Crippen LogP contribution in [0, 0.1) is 36.5 Å². The van der Waals surface area contributed by atoms with Crippen LogP contribution in [0.25, 0.3) is 6.08 Å². The number of carbonyl (C=O) groups is 1. The molecule has 3 aromatic rings. The number of amides is 1. The normalized spacial score (nSPS) is 10.5. The van der Waals surface area contributed by atoms with E-state index in [0.29, 0.717) is 17.1 Å². The molecule has 0 aliphatic heterocycles. The van der Waals surface area contributed by atoms with Gasteiger partial charge in [-0.15, -0.1) is 0 Å². The molecule has 3 rings (SSSR count). The summed E-state index contributed by atoms with van der Waals surface area (Å²) in [6.07, 6.45) is 4.58. The summed E-state index contributed by atoms with van der Waals surface area (Å²) in [5.74, 6) is 0.232. The second-order valence-corrected chi connectivity index (χ2v) is 7.84. The molecule has 0 spiro atoms. The van der Waals surface area contributed by atoms with Crippen molar-refractivity contribution >= 4 is 35.1 Å². The minimum Gasteiger partial charge on any atom is -0.395 e. The highest BCUT2D eigenvalue weighted by atomic mass is 16.3. The summed E-state index contributed by atoms with van der Waals surface area (Å²) < 4.78 is 0. The molecule has 0 atom stereocenters. The fourth-order valence-electron chi connectivity index (χ4n) is 3.45. The summed E-state index contributed by atoms with van der Waals surface area (Å²) in [6.45, 7) is 3.85. The molecule has 35 heavy (non-hydrogen) atoms. The van der Waals surface area contributed by atoms with E-state index in [9.17, 15) is 9.90 Å². The number of nitriles is 2. The summed E-state index contributed by atoms with van der Waals surface area (Å²) in [5.41, 5.74) is 4.95. The Morgan fingerprint density at radius 1 is 1.14 bits per heavy atom. The van der Waals surface area contributed by atoms with Gasteiger partial charge in [-0.05, 0) is 73.0 Å². The molecule has 1 heterocycles. The van der Waals surface area contributed by atoms with E-state index in [2.05, 4.69) is 26.7 Å². The number of nitrogens with zero attached hydrogens (tertiary/aromatic N) is 5. The third-order valence-corrected chi connectivity index (χ3v) is 5.22. The number of likely N-dealkylation sites (N-methyl/N-ethyl adjacent to an activating group) is 1. The van der Waals surface area contributed by atoms with E-state index in [0.717, 1.165) is 22.4 Å². The first-order chi connectivity index (χ1) is 16.9. The number of carbonyl (C=O) groups excluding carboxylic acids is 1. The highest BCUT2D eigenvalue weighted by Gasteiger charge is 2.20. The predicted molar refractivity (Wildman–Crippen MR) is 134 cm³/mol. The molecule has 3 N–H and O–H groups in total. The third-order valence-electron chi connectivity index (χ3n) is 5.22. The number of aromatic nitrogens is 2. The molecular formula is C26H25N7O2. The van der Waals surface area contributed by atoms with Crippen molar-refractivity contribution < 1.29 is 9.90 Å². The van der Waals surface area contributed by atoms with Gasteiger partial charge in [-0.1, -0.05) is 0 Å². The largest absolute Gasteiger partial charge is 0.395 e. The zero-order valence-corrected chi connectivity index (χ0v) is 19.7. The van der Waals surface area contributed by atoms with Gasteiger partial charge in [0.25, 0.3) is 5.91 Å². The van der Waals surface area contributed by atoms with Gasteiger partial charge < -0.3 is 20.6 Å². The number of hydrogen-bond donors (Lipinski definition) is 3. The summed E-state index contributed by atoms with van der Waals surface area (Å²) in [7, 11) is 1.60. The molecule has 0 saturated carbocycles. The average Bonchev–Trinajstić information content (AvgIpc) is 2.85. The van der Waals surface area contributed by atoms with Crippen LogP contribution < -0.4 is 10.6 Å². The Hall–Kier alpha value is -4.73. The van der Waals surface area contributed by atoms with Crippen LogP contribution in [-0.4, -0.2) is 46.1 Å². The standard InChI is InChI=1S/C26H25N7O2/c1-17-13-20(5-4-10-27)14-18(2)23(17)31-24-22(25(35)33(3)11-12-34)16-29-26(32-24)30-21-8-6-19(15-28)7-9-21/h4-9,13-14,16,34H,11-12H2,1-3H3,(H2,29,30,31,32)/b5-4+. The molecule has 1 amide bonds. The molecule has 0 radical (unpaired) electrons. The van der Waals surface area contributed by atoms with Crippen molar-refractivity contribution in [2.45, 2.75) is 13.8 Å². The molecule has 9 heteroatoms. The number of aliphatic hydroxyl groups excluding tert-OH is 1. The van der Waals surface area contributed by atoms with E-state index in [4.69, 9.17) is 10.5 Å². The van der Waals surface area contributed by atoms with Crippen molar-refractivity contribution in [3.63, 3.8) is 0 Å². The molecule has 0 saturated heterocycles. The van der Waals surface area contributed by atoms with Crippen molar-refractivity contribution in [2.24, 2.45) is 0 Å². The Morgan fingerprint density at radius 3 is 2.43 bits per heavy atom. The van der Waals surface area contributed by atoms with Crippen molar-refractivity contribution in [3.05, 3.63) is 76.5 Å². The predicted octanol–water partition coefficient (Wildman–Crippen LogP) is 4.05. The zero-order valence-electron chi connectivity index (χ0n) is 19.7. The number of rotatable bonds is 8. The minimum atomic E-state index is -0.338. The second-order valence-electron chi connectivity index (χ2n) is 7.84. The van der Waals surface area contributed by atoms with E-state index >= 15 is 0 Å². The fourth-order valence-corrected chi connectivity index (χ4v) is 3.45. The number of benzene rings is 2. The monoisotopic (exact) mass is 467 g/mol. The summed E-state index contributed by atoms with van der Waals surface area (Å²) >= 11 is 0. The maximum atomic E-state index is 13.0. The maximum Gasteiger partial charge on any atom is 0.259 e. The van der Waals surface area contributed by atoms with Crippen LogP contribution in [0.5, 0.6) is 0 Å². The smallest absolute Gasteiger partial charge is 0.259 e. The number of aliphatic hydroxyl groups is 1. The molecule has 0 aliphatic carbocycles. The Kier molecular flexibility index (Phi) is 8.12. The number of nitrogens with one attached hydrogen (secondary N) is 2. The molecule has 176 valence electrons. The van der Waals surface area contributed by atoms with Crippen molar-refractivity contribution in [1.29, 1.82) is 10.5 Å². The lowest BCUT2D eigenvalue weighted by molar-refractivity contribution is 0.0767. The molecule has 0 aliphatic rings. The minimum absolute atomic E-state index is 0.167. The maximum absolute atomic E-state index is 13.0. The number of anilines is 4. The lowest BCUT2D eigenvalue weighted by Crippen LogP contribution is -2.30. The van der Waals surface area contributed by atoms with Crippen LogP contribution >= 0.6 is 0 Å². The van der Waals surface area contributed by atoms with Crippen LogP contribution in [0.1, 0.15) is 32.6 Å². The first-order valence-corrected chi connectivity index (χ1v) is 10.8. The first-order valence-electron chi connectivity index (χ1n) is 10.8. The average molecular weight is 468 g/mol. The molecule has 9 nitrogen and oxygen atoms in total. The highest BCUT2D eigenvalue weighted by molar-refractivity contribution is 5.99. The molecular weight excluding hydrogens is 442 g/mol. The van der Waals surface area contributed by atoms with Crippen molar-refractivity contribution in [2.75, 3.05) is 30.8 Å². The quantitative estimate of drug-likeness (QED) is 0.422. The SMILES string of the molecule is Cc1cc(/C=C/C#N)cc(C)c1Nc1nc(Nc2ccc(C#N)cc2)ncc1C(=O)N(C)CCO. The Balaban J connectivity index is 2.01. The Morgan fingerprint density at radius 2 is 1.83 bits per heavy atom. The van der Waals surface area contributed by atoms with Gasteiger partial charge >= 0.3 is 0 Å². The molecule has 0 fully saturated rings.